The van der Waals surface area contributed by atoms with Crippen LogP contribution in [0.15, 0.2) is 182 Å². The maximum absolute atomic E-state index is 6.92. The molecule has 0 aromatic heterocycles. The summed E-state index contributed by atoms with van der Waals surface area (Å²) in [5, 5.41) is 5.07. The van der Waals surface area contributed by atoms with Crippen molar-refractivity contribution in [2.75, 3.05) is 0 Å². The number of ether oxygens (including phenoxy) is 1. The van der Waals surface area contributed by atoms with Crippen molar-refractivity contribution in [3.05, 3.63) is 210 Å². The van der Waals surface area contributed by atoms with E-state index in [1.54, 1.807) is 0 Å². The zero-order chi connectivity index (χ0) is 40.8. The van der Waals surface area contributed by atoms with Gasteiger partial charge in [-0.1, -0.05) is 204 Å². The topological polar surface area (TPSA) is 9.23 Å². The van der Waals surface area contributed by atoms with E-state index < -0.39 is 0 Å². The molecule has 0 bridgehead atoms. The van der Waals surface area contributed by atoms with Crippen LogP contribution < -0.4 is 21.1 Å². The lowest BCUT2D eigenvalue weighted by molar-refractivity contribution is 0.487. The molecule has 2 aliphatic rings. The lowest BCUT2D eigenvalue weighted by Gasteiger charge is -2.35. The summed E-state index contributed by atoms with van der Waals surface area (Å²) in [6.07, 6.45) is 0.855. The highest BCUT2D eigenvalue weighted by Crippen LogP contribution is 2.46. The third-order valence-electron chi connectivity index (χ3n) is 13.4. The highest BCUT2D eigenvalue weighted by molar-refractivity contribution is 6.97. The minimum atomic E-state index is -0.130. The predicted molar refractivity (Wildman–Crippen MR) is 255 cm³/mol. The van der Waals surface area contributed by atoms with Gasteiger partial charge in [0.25, 0.3) is 6.71 Å². The first-order valence-electron chi connectivity index (χ1n) is 21.4. The molecule has 2 aliphatic heterocycles. The van der Waals surface area contributed by atoms with Crippen LogP contribution in [-0.2, 0) is 17.3 Å². The Hall–Kier alpha value is -6.64. The van der Waals surface area contributed by atoms with Crippen molar-refractivity contribution in [3.8, 4) is 44.9 Å². The molecule has 9 aromatic rings. The van der Waals surface area contributed by atoms with Gasteiger partial charge in [0.1, 0.15) is 11.5 Å². The van der Waals surface area contributed by atoms with Gasteiger partial charge in [0.05, 0.1) is 0 Å². The van der Waals surface area contributed by atoms with Crippen molar-refractivity contribution >= 4 is 44.6 Å². The summed E-state index contributed by atoms with van der Waals surface area (Å²) in [7, 11) is 0. The number of para-hydroxylation sites is 1. The molecule has 0 radical (unpaired) electrons. The first-order valence-corrected chi connectivity index (χ1v) is 21.4. The van der Waals surface area contributed by atoms with Gasteiger partial charge in [0, 0.05) is 5.41 Å². The molecule has 0 saturated heterocycles. The average molecular weight is 771 g/mol. The van der Waals surface area contributed by atoms with Crippen LogP contribution in [0, 0.1) is 0 Å². The quantitative estimate of drug-likeness (QED) is 0.125. The van der Waals surface area contributed by atoms with Crippen molar-refractivity contribution in [2.45, 2.75) is 51.9 Å². The second-order valence-corrected chi connectivity index (χ2v) is 18.5. The van der Waals surface area contributed by atoms with E-state index in [1.807, 2.05) is 0 Å². The third-order valence-corrected chi connectivity index (χ3v) is 13.4. The second-order valence-electron chi connectivity index (χ2n) is 18.5. The summed E-state index contributed by atoms with van der Waals surface area (Å²) in [6, 6.07) is 67.7. The Kier molecular flexibility index (Phi) is 8.33. The van der Waals surface area contributed by atoms with Crippen molar-refractivity contribution in [1.29, 1.82) is 0 Å². The van der Waals surface area contributed by atoms with Crippen LogP contribution in [0.25, 0.3) is 54.9 Å². The van der Waals surface area contributed by atoms with E-state index in [4.69, 9.17) is 4.74 Å². The van der Waals surface area contributed by atoms with Gasteiger partial charge in [-0.15, -0.1) is 0 Å². The predicted octanol–water partition coefficient (Wildman–Crippen LogP) is 13.1. The van der Waals surface area contributed by atoms with Crippen LogP contribution in [0.1, 0.15) is 62.4 Å². The standard InChI is InChI=1S/C58H47BO/c1-57(2,3)45-33-38(30-41(35-45)55-48-24-14-12-22-46(48)54(37-18-8-6-9-19-37)47-23-13-15-25-49(47)55)39-31-42-32-40-34-44(58(4,5)43-20-10-7-11-21-43)28-29-50(40)59-51-26-16-17-27-52(51)60-53(36-39)56(42)59/h6-31,33-36H,32H2,1-5H3. The first-order chi connectivity index (χ1) is 29.1. The summed E-state index contributed by atoms with van der Waals surface area (Å²) in [5.41, 5.74) is 17.9. The minimum absolute atomic E-state index is 0.0791. The van der Waals surface area contributed by atoms with E-state index in [-0.39, 0.29) is 17.5 Å². The molecule has 9 aromatic carbocycles. The van der Waals surface area contributed by atoms with Crippen LogP contribution in [0.4, 0.5) is 0 Å². The van der Waals surface area contributed by atoms with Gasteiger partial charge in [0.2, 0.25) is 0 Å². The number of benzene rings is 9. The van der Waals surface area contributed by atoms with Gasteiger partial charge < -0.3 is 4.74 Å². The molecule has 0 fully saturated rings. The molecular weight excluding hydrogens is 723 g/mol. The van der Waals surface area contributed by atoms with E-state index in [9.17, 15) is 0 Å². The molecule has 2 heterocycles. The third kappa shape index (κ3) is 5.84. The number of fused-ring (bicyclic) bond motifs is 6. The van der Waals surface area contributed by atoms with Crippen LogP contribution in [0.3, 0.4) is 0 Å². The average Bonchev–Trinajstić information content (AvgIpc) is 3.27. The number of hydrogen-bond donors (Lipinski definition) is 0. The zero-order valence-electron chi connectivity index (χ0n) is 35.0. The van der Waals surface area contributed by atoms with Crippen molar-refractivity contribution in [3.63, 3.8) is 0 Å². The monoisotopic (exact) mass is 770 g/mol. The Morgan fingerprint density at radius 3 is 1.63 bits per heavy atom. The fourth-order valence-electron chi connectivity index (χ4n) is 10.2. The number of rotatable bonds is 5. The molecule has 0 aliphatic carbocycles. The molecule has 2 heteroatoms. The summed E-state index contributed by atoms with van der Waals surface area (Å²) in [4.78, 5) is 0. The molecule has 0 unspecified atom stereocenters. The van der Waals surface area contributed by atoms with Gasteiger partial charge >= 0.3 is 0 Å². The summed E-state index contributed by atoms with van der Waals surface area (Å²) >= 11 is 0. The van der Waals surface area contributed by atoms with Gasteiger partial charge in [-0.2, -0.15) is 0 Å². The first kappa shape index (κ1) is 36.4. The molecule has 0 atom stereocenters. The fourth-order valence-corrected chi connectivity index (χ4v) is 10.2. The van der Waals surface area contributed by atoms with Crippen LogP contribution in [0.2, 0.25) is 0 Å². The van der Waals surface area contributed by atoms with Crippen LogP contribution in [-0.4, -0.2) is 6.71 Å². The SMILES string of the molecule is CC(C)(C)c1cc(-c2cc3c4c(c2)Oc2ccccc2B4c2ccc(C(C)(C)c4ccccc4)cc2C3)cc(-c2c3ccccc3c(-c3ccccc3)c3ccccc23)c1. The molecule has 60 heavy (non-hydrogen) atoms. The molecule has 11 rings (SSSR count). The summed E-state index contributed by atoms with van der Waals surface area (Å²) in [5.74, 6) is 1.91. The Morgan fingerprint density at radius 2 is 0.967 bits per heavy atom. The maximum Gasteiger partial charge on any atom is 0.251 e. The van der Waals surface area contributed by atoms with Crippen LogP contribution >= 0.6 is 0 Å². The highest BCUT2D eigenvalue weighted by Gasteiger charge is 2.39. The van der Waals surface area contributed by atoms with Crippen molar-refractivity contribution in [1.82, 2.24) is 0 Å². The Morgan fingerprint density at radius 1 is 0.400 bits per heavy atom. The van der Waals surface area contributed by atoms with Gasteiger partial charge in [-0.25, -0.2) is 0 Å². The minimum Gasteiger partial charge on any atom is -0.458 e. The zero-order valence-corrected chi connectivity index (χ0v) is 35.0. The highest BCUT2D eigenvalue weighted by atomic mass is 16.5. The van der Waals surface area contributed by atoms with Crippen molar-refractivity contribution < 1.29 is 4.74 Å². The molecular formula is C58H47BO. The Labute approximate surface area is 354 Å². The molecule has 0 N–H and O–H groups in total. The molecule has 0 saturated carbocycles. The molecule has 0 amide bonds. The smallest absolute Gasteiger partial charge is 0.251 e. The Balaban J connectivity index is 1.12. The second kappa shape index (κ2) is 13.7. The molecule has 0 spiro atoms. The maximum atomic E-state index is 6.92. The lowest BCUT2D eigenvalue weighted by atomic mass is 9.32. The number of hydrogen-bond acceptors (Lipinski definition) is 1. The van der Waals surface area contributed by atoms with E-state index in [1.165, 1.54) is 99.1 Å². The lowest BCUT2D eigenvalue weighted by Crippen LogP contribution is -2.59. The van der Waals surface area contributed by atoms with E-state index in [0.717, 1.165) is 17.9 Å². The largest absolute Gasteiger partial charge is 0.458 e. The van der Waals surface area contributed by atoms with E-state index in [0.29, 0.717) is 0 Å². The van der Waals surface area contributed by atoms with E-state index >= 15 is 0 Å². The van der Waals surface area contributed by atoms with Gasteiger partial charge in [-0.3, -0.25) is 0 Å². The molecule has 288 valence electrons. The normalized spacial score (nSPS) is 13.1. The van der Waals surface area contributed by atoms with Gasteiger partial charge in [0.15, 0.2) is 0 Å². The summed E-state index contributed by atoms with van der Waals surface area (Å²) in [6.45, 7) is 11.8. The summed E-state index contributed by atoms with van der Waals surface area (Å²) < 4.78 is 6.92. The van der Waals surface area contributed by atoms with Gasteiger partial charge in [-0.05, 0) is 124 Å². The van der Waals surface area contributed by atoms with Crippen molar-refractivity contribution in [2.24, 2.45) is 0 Å². The fraction of sp³-hybridized carbons (Fsp3) is 0.138. The van der Waals surface area contributed by atoms with E-state index in [2.05, 4.69) is 217 Å². The molecule has 1 nitrogen and oxygen atoms in total. The van der Waals surface area contributed by atoms with Crippen LogP contribution in [0.5, 0.6) is 11.5 Å². The Bertz CT molecular complexity index is 3090.